The molecule has 0 saturated heterocycles. The number of ether oxygens (including phenoxy) is 1. The Morgan fingerprint density at radius 2 is 1.95 bits per heavy atom. The molecule has 0 aliphatic rings. The maximum atomic E-state index is 13.8. The molecular formula is C13H18FNO4S. The molecule has 112 valence electrons. The smallest absolute Gasteiger partial charge is 0.327 e. The Hall–Kier alpha value is -1.63. The molecule has 20 heavy (non-hydrogen) atoms. The number of halogens is 1. The van der Waals surface area contributed by atoms with E-state index in [4.69, 9.17) is 4.74 Å². The van der Waals surface area contributed by atoms with Crippen LogP contribution < -0.4 is 4.31 Å². The summed E-state index contributed by atoms with van der Waals surface area (Å²) in [5, 5.41) is 0. The third kappa shape index (κ3) is 4.19. The first kappa shape index (κ1) is 16.4. The van der Waals surface area contributed by atoms with E-state index in [2.05, 4.69) is 0 Å². The van der Waals surface area contributed by atoms with Crippen LogP contribution in [0.3, 0.4) is 0 Å². The Balaban J connectivity index is 3.11. The minimum atomic E-state index is -3.77. The number of esters is 1. The van der Waals surface area contributed by atoms with E-state index < -0.39 is 28.4 Å². The number of hydrogen-bond acceptors (Lipinski definition) is 4. The minimum absolute atomic E-state index is 0.157. The molecule has 0 fully saturated rings. The van der Waals surface area contributed by atoms with E-state index in [1.54, 1.807) is 13.8 Å². The van der Waals surface area contributed by atoms with Gasteiger partial charge in [-0.2, -0.15) is 0 Å². The molecule has 0 aromatic heterocycles. The number of sulfonamides is 1. The van der Waals surface area contributed by atoms with Crippen molar-refractivity contribution in [2.45, 2.75) is 26.9 Å². The lowest BCUT2D eigenvalue weighted by Gasteiger charge is -2.23. The van der Waals surface area contributed by atoms with E-state index in [0.29, 0.717) is 0 Å². The van der Waals surface area contributed by atoms with Crippen molar-refractivity contribution < 1.29 is 22.3 Å². The number of carbonyl (C=O) groups is 1. The second kappa shape index (κ2) is 6.69. The first-order chi connectivity index (χ1) is 9.27. The lowest BCUT2D eigenvalue weighted by Crippen LogP contribution is -2.38. The lowest BCUT2D eigenvalue weighted by molar-refractivity contribution is -0.145. The van der Waals surface area contributed by atoms with Crippen molar-refractivity contribution in [2.24, 2.45) is 0 Å². The standard InChI is InChI=1S/C13H18FNO4S/c1-4-20(17,18)15(9-13(16)19-10(2)3)12-8-6-5-7-11(12)14/h5-8,10H,4,9H2,1-3H3. The van der Waals surface area contributed by atoms with Crippen LogP contribution in [0, 0.1) is 5.82 Å². The van der Waals surface area contributed by atoms with Crippen molar-refractivity contribution >= 4 is 21.7 Å². The SMILES string of the molecule is CCS(=O)(=O)N(CC(=O)OC(C)C)c1ccccc1F. The van der Waals surface area contributed by atoms with Crippen LogP contribution >= 0.6 is 0 Å². The summed E-state index contributed by atoms with van der Waals surface area (Å²) in [5.41, 5.74) is -0.157. The average Bonchev–Trinajstić information content (AvgIpc) is 2.36. The van der Waals surface area contributed by atoms with Gasteiger partial charge in [0.05, 0.1) is 17.5 Å². The molecule has 0 atom stereocenters. The minimum Gasteiger partial charge on any atom is -0.462 e. The van der Waals surface area contributed by atoms with Crippen molar-refractivity contribution in [1.29, 1.82) is 0 Å². The summed E-state index contributed by atoms with van der Waals surface area (Å²) in [4.78, 5) is 11.7. The molecule has 7 heteroatoms. The quantitative estimate of drug-likeness (QED) is 0.753. The molecule has 0 amide bonds. The van der Waals surface area contributed by atoms with Crippen LogP contribution in [0.5, 0.6) is 0 Å². The first-order valence-electron chi connectivity index (χ1n) is 6.22. The van der Waals surface area contributed by atoms with Gasteiger partial charge in [0.1, 0.15) is 12.4 Å². The van der Waals surface area contributed by atoms with Gasteiger partial charge in [-0.25, -0.2) is 12.8 Å². The number of carbonyl (C=O) groups excluding carboxylic acids is 1. The van der Waals surface area contributed by atoms with Crippen LogP contribution in [0.15, 0.2) is 24.3 Å². The van der Waals surface area contributed by atoms with Crippen molar-refractivity contribution in [2.75, 3.05) is 16.6 Å². The number of nitrogens with zero attached hydrogens (tertiary/aromatic N) is 1. The highest BCUT2D eigenvalue weighted by Crippen LogP contribution is 2.22. The number of benzene rings is 1. The summed E-state index contributed by atoms with van der Waals surface area (Å²) in [5.74, 6) is -1.67. The van der Waals surface area contributed by atoms with Crippen LogP contribution in [0.4, 0.5) is 10.1 Å². The van der Waals surface area contributed by atoms with Crippen LogP contribution in [-0.4, -0.2) is 32.8 Å². The summed E-state index contributed by atoms with van der Waals surface area (Å²) in [6.07, 6.45) is -0.366. The second-order valence-corrected chi connectivity index (χ2v) is 6.58. The van der Waals surface area contributed by atoms with Crippen molar-refractivity contribution in [1.82, 2.24) is 0 Å². The van der Waals surface area contributed by atoms with Crippen molar-refractivity contribution in [3.8, 4) is 0 Å². The number of para-hydroxylation sites is 1. The fourth-order valence-corrected chi connectivity index (χ4v) is 2.62. The molecule has 0 aliphatic heterocycles. The number of hydrogen-bond donors (Lipinski definition) is 0. The predicted molar refractivity (Wildman–Crippen MR) is 74.4 cm³/mol. The fourth-order valence-electron chi connectivity index (χ4n) is 1.56. The lowest BCUT2D eigenvalue weighted by atomic mass is 10.3. The maximum absolute atomic E-state index is 13.8. The predicted octanol–water partition coefficient (Wildman–Crippen LogP) is 1.93. The summed E-state index contributed by atoms with van der Waals surface area (Å²) in [7, 11) is -3.77. The highest BCUT2D eigenvalue weighted by molar-refractivity contribution is 7.92. The molecule has 0 aliphatic carbocycles. The van der Waals surface area contributed by atoms with Crippen LogP contribution in [0.25, 0.3) is 0 Å². The van der Waals surface area contributed by atoms with Gasteiger partial charge in [-0.15, -0.1) is 0 Å². The highest BCUT2D eigenvalue weighted by Gasteiger charge is 2.26. The largest absolute Gasteiger partial charge is 0.462 e. The van der Waals surface area contributed by atoms with Gasteiger partial charge >= 0.3 is 5.97 Å². The van der Waals surface area contributed by atoms with E-state index in [9.17, 15) is 17.6 Å². The fraction of sp³-hybridized carbons (Fsp3) is 0.462. The molecule has 0 N–H and O–H groups in total. The van der Waals surface area contributed by atoms with Gasteiger partial charge in [0.2, 0.25) is 10.0 Å². The van der Waals surface area contributed by atoms with E-state index >= 15 is 0 Å². The molecule has 0 bridgehead atoms. The van der Waals surface area contributed by atoms with Gasteiger partial charge in [0.25, 0.3) is 0 Å². The Morgan fingerprint density at radius 3 is 2.45 bits per heavy atom. The summed E-state index contributed by atoms with van der Waals surface area (Å²) < 4.78 is 43.5. The summed E-state index contributed by atoms with van der Waals surface area (Å²) in [6.45, 7) is 4.19. The van der Waals surface area contributed by atoms with Crippen molar-refractivity contribution in [3.63, 3.8) is 0 Å². The molecule has 0 heterocycles. The Labute approximate surface area is 118 Å². The van der Waals surface area contributed by atoms with E-state index in [0.717, 1.165) is 10.4 Å². The molecule has 0 radical (unpaired) electrons. The van der Waals surface area contributed by atoms with E-state index in [1.165, 1.54) is 25.1 Å². The maximum Gasteiger partial charge on any atom is 0.327 e. The first-order valence-corrected chi connectivity index (χ1v) is 7.83. The van der Waals surface area contributed by atoms with Gasteiger partial charge in [0, 0.05) is 0 Å². The molecule has 0 saturated carbocycles. The molecule has 1 aromatic carbocycles. The molecule has 1 rings (SSSR count). The van der Waals surface area contributed by atoms with E-state index in [-0.39, 0.29) is 17.5 Å². The number of rotatable bonds is 6. The topological polar surface area (TPSA) is 63.7 Å². The second-order valence-electron chi connectivity index (χ2n) is 4.40. The third-order valence-electron chi connectivity index (χ3n) is 2.46. The van der Waals surface area contributed by atoms with E-state index in [1.807, 2.05) is 0 Å². The summed E-state index contributed by atoms with van der Waals surface area (Å²) in [6, 6.07) is 5.40. The normalized spacial score (nSPS) is 11.4. The van der Waals surface area contributed by atoms with Gasteiger partial charge in [-0.1, -0.05) is 12.1 Å². The Bertz CT molecular complexity index is 571. The zero-order chi connectivity index (χ0) is 15.3. The third-order valence-corrected chi connectivity index (χ3v) is 4.19. The Kier molecular flexibility index (Phi) is 5.50. The monoisotopic (exact) mass is 303 g/mol. The van der Waals surface area contributed by atoms with Crippen LogP contribution in [0.2, 0.25) is 0 Å². The molecule has 0 spiro atoms. The van der Waals surface area contributed by atoms with Gasteiger partial charge < -0.3 is 4.74 Å². The van der Waals surface area contributed by atoms with Gasteiger partial charge in [-0.3, -0.25) is 9.10 Å². The van der Waals surface area contributed by atoms with Gasteiger partial charge in [0.15, 0.2) is 0 Å². The molecule has 5 nitrogen and oxygen atoms in total. The highest BCUT2D eigenvalue weighted by atomic mass is 32.2. The molecular weight excluding hydrogens is 285 g/mol. The molecule has 1 aromatic rings. The summed E-state index contributed by atoms with van der Waals surface area (Å²) >= 11 is 0. The zero-order valence-corrected chi connectivity index (χ0v) is 12.5. The Morgan fingerprint density at radius 1 is 1.35 bits per heavy atom. The van der Waals surface area contributed by atoms with Crippen LogP contribution in [-0.2, 0) is 19.6 Å². The van der Waals surface area contributed by atoms with Crippen LogP contribution in [0.1, 0.15) is 20.8 Å². The van der Waals surface area contributed by atoms with Crippen molar-refractivity contribution in [3.05, 3.63) is 30.1 Å². The zero-order valence-electron chi connectivity index (χ0n) is 11.7. The average molecular weight is 303 g/mol. The number of anilines is 1. The molecule has 0 unspecified atom stereocenters. The van der Waals surface area contributed by atoms with Gasteiger partial charge in [-0.05, 0) is 32.9 Å².